The number of thioether (sulfide) groups is 1. The zero-order valence-electron chi connectivity index (χ0n) is 15.2. The van der Waals surface area contributed by atoms with Crippen molar-refractivity contribution in [3.8, 4) is 5.75 Å². The largest absolute Gasteiger partial charge is 0.496 e. The molecule has 1 heterocycles. The lowest BCUT2D eigenvalue weighted by atomic mass is 10.1. The Balaban J connectivity index is 1.75. The monoisotopic (exact) mass is 392 g/mol. The molecule has 27 heavy (non-hydrogen) atoms. The van der Waals surface area contributed by atoms with Crippen molar-refractivity contribution >= 4 is 35.2 Å². The van der Waals surface area contributed by atoms with E-state index in [1.54, 1.807) is 44.2 Å². The first-order chi connectivity index (χ1) is 12.9. The number of carbonyl (C=O) groups excluding carboxylic acids is 3. The highest BCUT2D eigenvalue weighted by Gasteiger charge is 2.18. The van der Waals surface area contributed by atoms with Gasteiger partial charge in [0.1, 0.15) is 11.5 Å². The van der Waals surface area contributed by atoms with Crippen LogP contribution in [-0.4, -0.2) is 47.5 Å². The standard InChI is InChI=1S/C18H20N2O6S/c1-11-8-16(20-26-11)19-18(23)12(2)27-10-17(22)25-9-14(21)13-6-4-5-7-15(13)24-3/h4-8,12H,9-10H2,1-3H3,(H,19,20,23)/t12-/m1/s1. The normalized spacial score (nSPS) is 11.5. The number of amides is 1. The van der Waals surface area contributed by atoms with Crippen LogP contribution in [0.3, 0.4) is 0 Å². The molecule has 1 N–H and O–H groups in total. The van der Waals surface area contributed by atoms with Crippen molar-refractivity contribution in [3.05, 3.63) is 41.7 Å². The molecule has 0 radical (unpaired) electrons. The first-order valence-electron chi connectivity index (χ1n) is 8.08. The molecule has 1 aromatic heterocycles. The molecule has 0 spiro atoms. The quantitative estimate of drug-likeness (QED) is 0.512. The molecule has 1 aromatic carbocycles. The number of hydrogen-bond donors (Lipinski definition) is 1. The van der Waals surface area contributed by atoms with Gasteiger partial charge in [-0.3, -0.25) is 14.4 Å². The lowest BCUT2D eigenvalue weighted by molar-refractivity contribution is -0.139. The Hall–Kier alpha value is -2.81. The summed E-state index contributed by atoms with van der Waals surface area (Å²) in [6.45, 7) is 2.97. The number of hydrogen-bond acceptors (Lipinski definition) is 8. The van der Waals surface area contributed by atoms with Crippen LogP contribution in [-0.2, 0) is 14.3 Å². The zero-order valence-corrected chi connectivity index (χ0v) is 16.0. The van der Waals surface area contributed by atoms with Gasteiger partial charge < -0.3 is 19.3 Å². The maximum absolute atomic E-state index is 12.1. The molecule has 0 aliphatic carbocycles. The number of nitrogens with one attached hydrogen (secondary N) is 1. The number of ether oxygens (including phenoxy) is 2. The number of methoxy groups -OCH3 is 1. The van der Waals surface area contributed by atoms with E-state index < -0.39 is 17.8 Å². The summed E-state index contributed by atoms with van der Waals surface area (Å²) in [5.41, 5.74) is 0.344. The van der Waals surface area contributed by atoms with Crippen molar-refractivity contribution in [1.29, 1.82) is 0 Å². The molecular formula is C18H20N2O6S. The summed E-state index contributed by atoms with van der Waals surface area (Å²) in [4.78, 5) is 36.0. The van der Waals surface area contributed by atoms with Crippen molar-refractivity contribution in [2.45, 2.75) is 19.1 Å². The summed E-state index contributed by atoms with van der Waals surface area (Å²) in [6.07, 6.45) is 0. The first kappa shape index (κ1) is 20.5. The fourth-order valence-corrected chi connectivity index (χ4v) is 2.74. The maximum atomic E-state index is 12.1. The number of Topliss-reactive ketones (excluding diaryl/α,β-unsaturated/α-hetero) is 1. The average Bonchev–Trinajstić information content (AvgIpc) is 3.08. The summed E-state index contributed by atoms with van der Waals surface area (Å²) in [5.74, 6) is -0.0134. The number of nitrogens with zero attached hydrogens (tertiary/aromatic N) is 1. The van der Waals surface area contributed by atoms with Crippen LogP contribution in [0.15, 0.2) is 34.9 Å². The minimum absolute atomic E-state index is 0.0639. The summed E-state index contributed by atoms with van der Waals surface area (Å²) in [5, 5.41) is 5.74. The number of rotatable bonds is 9. The van der Waals surface area contributed by atoms with Gasteiger partial charge in [0, 0.05) is 6.07 Å². The maximum Gasteiger partial charge on any atom is 0.316 e. The van der Waals surface area contributed by atoms with Gasteiger partial charge in [0.2, 0.25) is 11.7 Å². The molecule has 0 bridgehead atoms. The highest BCUT2D eigenvalue weighted by atomic mass is 32.2. The Morgan fingerprint density at radius 1 is 1.30 bits per heavy atom. The lowest BCUT2D eigenvalue weighted by Crippen LogP contribution is -2.24. The van der Waals surface area contributed by atoms with Crippen LogP contribution in [0.4, 0.5) is 5.82 Å². The molecular weight excluding hydrogens is 372 g/mol. The molecule has 1 atom stereocenters. The second-order valence-corrected chi connectivity index (χ2v) is 6.88. The van der Waals surface area contributed by atoms with Gasteiger partial charge in [0.15, 0.2) is 12.4 Å². The Kier molecular flexibility index (Phi) is 7.42. The molecule has 0 fully saturated rings. The van der Waals surface area contributed by atoms with Crippen LogP contribution in [0, 0.1) is 6.92 Å². The van der Waals surface area contributed by atoms with E-state index in [-0.39, 0.29) is 17.4 Å². The second-order valence-electron chi connectivity index (χ2n) is 5.55. The van der Waals surface area contributed by atoms with Gasteiger partial charge in [-0.2, -0.15) is 0 Å². The summed E-state index contributed by atoms with van der Waals surface area (Å²) >= 11 is 1.09. The molecule has 0 aliphatic heterocycles. The van der Waals surface area contributed by atoms with E-state index in [4.69, 9.17) is 14.0 Å². The van der Waals surface area contributed by atoms with Gasteiger partial charge in [-0.15, -0.1) is 11.8 Å². The smallest absolute Gasteiger partial charge is 0.316 e. The zero-order chi connectivity index (χ0) is 19.8. The minimum atomic E-state index is -0.583. The van der Waals surface area contributed by atoms with Crippen LogP contribution in [0.25, 0.3) is 0 Å². The van der Waals surface area contributed by atoms with Gasteiger partial charge in [0.05, 0.1) is 23.7 Å². The topological polar surface area (TPSA) is 108 Å². The first-order valence-corrected chi connectivity index (χ1v) is 9.13. The van der Waals surface area contributed by atoms with Gasteiger partial charge in [-0.25, -0.2) is 0 Å². The molecule has 0 aliphatic rings. The highest BCUT2D eigenvalue weighted by molar-refractivity contribution is 8.01. The number of carbonyl (C=O) groups is 3. The summed E-state index contributed by atoms with van der Waals surface area (Å²) in [6, 6.07) is 8.28. The molecule has 9 heteroatoms. The highest BCUT2D eigenvalue weighted by Crippen LogP contribution is 2.18. The SMILES string of the molecule is COc1ccccc1C(=O)COC(=O)CS[C@H](C)C(=O)Nc1cc(C)on1. The van der Waals surface area contributed by atoms with Gasteiger partial charge in [-0.05, 0) is 26.0 Å². The fraction of sp³-hybridized carbons (Fsp3) is 0.333. The van der Waals surface area contributed by atoms with E-state index in [2.05, 4.69) is 10.5 Å². The van der Waals surface area contributed by atoms with E-state index >= 15 is 0 Å². The molecule has 0 saturated heterocycles. The van der Waals surface area contributed by atoms with Crippen molar-refractivity contribution in [1.82, 2.24) is 5.16 Å². The van der Waals surface area contributed by atoms with Gasteiger partial charge in [0.25, 0.3) is 0 Å². The minimum Gasteiger partial charge on any atom is -0.496 e. The van der Waals surface area contributed by atoms with Crippen molar-refractivity contribution in [2.24, 2.45) is 0 Å². The predicted octanol–water partition coefficient (Wildman–Crippen LogP) is 2.48. The Morgan fingerprint density at radius 2 is 2.04 bits per heavy atom. The number of anilines is 1. The lowest BCUT2D eigenvalue weighted by Gasteiger charge is -2.10. The number of aromatic nitrogens is 1. The van der Waals surface area contributed by atoms with E-state index in [1.165, 1.54) is 7.11 Å². The Bertz CT molecular complexity index is 820. The Morgan fingerprint density at radius 3 is 2.70 bits per heavy atom. The fourth-order valence-electron chi connectivity index (χ4n) is 2.06. The van der Waals surface area contributed by atoms with Crippen LogP contribution in [0.2, 0.25) is 0 Å². The van der Waals surface area contributed by atoms with Crippen LogP contribution >= 0.6 is 11.8 Å². The van der Waals surface area contributed by atoms with Crippen molar-refractivity contribution in [2.75, 3.05) is 24.8 Å². The van der Waals surface area contributed by atoms with Crippen molar-refractivity contribution in [3.63, 3.8) is 0 Å². The molecule has 2 aromatic rings. The number of esters is 1. The third-order valence-electron chi connectivity index (χ3n) is 3.47. The van der Waals surface area contributed by atoms with Crippen molar-refractivity contribution < 1.29 is 28.4 Å². The molecule has 1 amide bonds. The van der Waals surface area contributed by atoms with E-state index in [1.807, 2.05) is 0 Å². The summed E-state index contributed by atoms with van der Waals surface area (Å²) < 4.78 is 15.0. The van der Waals surface area contributed by atoms with E-state index in [0.29, 0.717) is 22.9 Å². The van der Waals surface area contributed by atoms with Gasteiger partial charge in [-0.1, -0.05) is 17.3 Å². The average molecular weight is 392 g/mol. The molecule has 0 saturated carbocycles. The molecule has 8 nitrogen and oxygen atoms in total. The molecule has 0 unspecified atom stereocenters. The number of aryl methyl sites for hydroxylation is 1. The van der Waals surface area contributed by atoms with Crippen LogP contribution in [0.1, 0.15) is 23.0 Å². The number of para-hydroxylation sites is 1. The molecule has 2 rings (SSSR count). The third kappa shape index (κ3) is 6.14. The van der Waals surface area contributed by atoms with Crippen LogP contribution < -0.4 is 10.1 Å². The predicted molar refractivity (Wildman–Crippen MR) is 100 cm³/mol. The van der Waals surface area contributed by atoms with Gasteiger partial charge >= 0.3 is 5.97 Å². The summed E-state index contributed by atoms with van der Waals surface area (Å²) in [7, 11) is 1.46. The Labute approximate surface area is 160 Å². The number of ketones is 1. The van der Waals surface area contributed by atoms with Crippen LogP contribution in [0.5, 0.6) is 5.75 Å². The molecule has 144 valence electrons. The number of benzene rings is 1. The third-order valence-corrected chi connectivity index (χ3v) is 4.59. The van der Waals surface area contributed by atoms with E-state index in [9.17, 15) is 14.4 Å². The second kappa shape index (κ2) is 9.77. The van der Waals surface area contributed by atoms with E-state index in [0.717, 1.165) is 11.8 Å².